The first-order valence-corrected chi connectivity index (χ1v) is 5.28. The van der Waals surface area contributed by atoms with Gasteiger partial charge in [0.2, 0.25) is 5.75 Å². The van der Waals surface area contributed by atoms with Crippen LogP contribution >= 0.6 is 0 Å². The third kappa shape index (κ3) is 1.97. The van der Waals surface area contributed by atoms with Gasteiger partial charge in [0.1, 0.15) is 6.04 Å². The Hall–Kier alpha value is -2.61. The van der Waals surface area contributed by atoms with Gasteiger partial charge in [-0.25, -0.2) is 0 Å². The quantitative estimate of drug-likeness (QED) is 0.384. The Morgan fingerprint density at radius 3 is 2.47 bits per heavy atom. The summed E-state index contributed by atoms with van der Waals surface area (Å²) in [4.78, 5) is 13.1. The number of hydrogen-bond donors (Lipinski definition) is 7. The van der Waals surface area contributed by atoms with Crippen LogP contribution in [0.4, 0.5) is 0 Å². The van der Waals surface area contributed by atoms with Crippen LogP contribution in [0.15, 0.2) is 6.07 Å². The number of hydrogen-bond acceptors (Lipinski definition) is 6. The minimum absolute atomic E-state index is 0.0135. The highest BCUT2D eigenvalue weighted by Gasteiger charge is 2.22. The van der Waals surface area contributed by atoms with E-state index in [2.05, 4.69) is 4.98 Å². The zero-order chi connectivity index (χ0) is 14.3. The Bertz CT molecular complexity index is 663. The van der Waals surface area contributed by atoms with Crippen molar-refractivity contribution in [3.05, 3.63) is 11.6 Å². The van der Waals surface area contributed by atoms with E-state index in [0.717, 1.165) is 6.07 Å². The predicted octanol–water partition coefficient (Wildman–Crippen LogP) is -0.0553. The van der Waals surface area contributed by atoms with E-state index in [1.807, 2.05) is 0 Å². The third-order valence-corrected chi connectivity index (χ3v) is 2.85. The first-order valence-electron chi connectivity index (χ1n) is 5.28. The number of phenols is 3. The van der Waals surface area contributed by atoms with Gasteiger partial charge in [0.05, 0.1) is 5.52 Å². The first kappa shape index (κ1) is 12.8. The van der Waals surface area contributed by atoms with Crippen LogP contribution in [0.3, 0.4) is 0 Å². The highest BCUT2D eigenvalue weighted by molar-refractivity contribution is 5.94. The highest BCUT2D eigenvalue weighted by atomic mass is 16.4. The van der Waals surface area contributed by atoms with Crippen molar-refractivity contribution >= 4 is 16.9 Å². The molecule has 0 amide bonds. The molecule has 1 heterocycles. The molecule has 0 saturated heterocycles. The highest BCUT2D eigenvalue weighted by Crippen LogP contribution is 2.43. The number of aromatic amines is 1. The van der Waals surface area contributed by atoms with Crippen molar-refractivity contribution in [2.24, 2.45) is 5.73 Å². The number of carboxylic acid groups (broad SMARTS) is 1. The number of fused-ring (bicyclic) bond motifs is 1. The fraction of sp³-hybridized carbons (Fsp3) is 0.182. The Labute approximate surface area is 106 Å². The van der Waals surface area contributed by atoms with Crippen molar-refractivity contribution in [1.82, 2.24) is 4.98 Å². The minimum Gasteiger partial charge on any atom is -0.504 e. The molecule has 0 fully saturated rings. The van der Waals surface area contributed by atoms with Gasteiger partial charge in [-0.2, -0.15) is 0 Å². The van der Waals surface area contributed by atoms with Gasteiger partial charge in [-0.3, -0.25) is 4.79 Å². The van der Waals surface area contributed by atoms with E-state index in [1.54, 1.807) is 0 Å². The molecule has 8 N–H and O–H groups in total. The lowest BCUT2D eigenvalue weighted by Gasteiger charge is -2.06. The summed E-state index contributed by atoms with van der Waals surface area (Å²) in [7, 11) is 0. The molecule has 1 atom stereocenters. The number of rotatable bonds is 3. The monoisotopic (exact) mass is 268 g/mol. The van der Waals surface area contributed by atoms with Crippen molar-refractivity contribution in [2.75, 3.05) is 0 Å². The number of nitrogens with two attached hydrogens (primary N) is 1. The second-order valence-corrected chi connectivity index (χ2v) is 4.12. The van der Waals surface area contributed by atoms with Crippen LogP contribution in [0.25, 0.3) is 10.9 Å². The number of aromatic hydroxyl groups is 4. The summed E-state index contributed by atoms with van der Waals surface area (Å²) in [5.74, 6) is -3.59. The Balaban J connectivity index is 2.62. The van der Waals surface area contributed by atoms with E-state index in [-0.39, 0.29) is 28.8 Å². The molecule has 0 unspecified atom stereocenters. The minimum atomic E-state index is -1.25. The molecule has 0 aliphatic heterocycles. The number of carbonyl (C=O) groups is 1. The maximum atomic E-state index is 10.7. The molecule has 102 valence electrons. The lowest BCUT2D eigenvalue weighted by molar-refractivity contribution is -0.138. The number of benzene rings is 1. The molecule has 19 heavy (non-hydrogen) atoms. The molecule has 1 aromatic carbocycles. The van der Waals surface area contributed by atoms with Gasteiger partial charge in [-0.15, -0.1) is 0 Å². The summed E-state index contributed by atoms with van der Waals surface area (Å²) in [6.07, 6.45) is -0.204. The van der Waals surface area contributed by atoms with Crippen molar-refractivity contribution in [1.29, 1.82) is 0 Å². The van der Waals surface area contributed by atoms with Gasteiger partial charge < -0.3 is 36.3 Å². The summed E-state index contributed by atoms with van der Waals surface area (Å²) in [6.45, 7) is 0. The molecule has 0 saturated carbocycles. The number of aromatic nitrogens is 1. The zero-order valence-electron chi connectivity index (χ0n) is 9.58. The molecular weight excluding hydrogens is 256 g/mol. The topological polar surface area (TPSA) is 160 Å². The fourth-order valence-corrected chi connectivity index (χ4v) is 1.84. The van der Waals surface area contributed by atoms with E-state index in [1.165, 1.54) is 0 Å². The maximum absolute atomic E-state index is 10.7. The van der Waals surface area contributed by atoms with Crippen LogP contribution in [0.1, 0.15) is 5.56 Å². The Morgan fingerprint density at radius 2 is 1.89 bits per heavy atom. The van der Waals surface area contributed by atoms with Crippen molar-refractivity contribution in [3.8, 4) is 23.1 Å². The van der Waals surface area contributed by atoms with Crippen LogP contribution < -0.4 is 5.73 Å². The molecule has 0 aliphatic carbocycles. The largest absolute Gasteiger partial charge is 0.504 e. The molecule has 0 radical (unpaired) electrons. The van der Waals surface area contributed by atoms with E-state index in [0.29, 0.717) is 0 Å². The van der Waals surface area contributed by atoms with E-state index in [4.69, 9.17) is 10.8 Å². The van der Waals surface area contributed by atoms with Gasteiger partial charge in [0, 0.05) is 17.4 Å². The van der Waals surface area contributed by atoms with Crippen molar-refractivity contribution in [2.45, 2.75) is 12.5 Å². The van der Waals surface area contributed by atoms with Gasteiger partial charge in [0.25, 0.3) is 0 Å². The number of H-pyrrole nitrogens is 1. The van der Waals surface area contributed by atoms with Crippen molar-refractivity contribution < 1.29 is 30.3 Å². The van der Waals surface area contributed by atoms with Gasteiger partial charge in [-0.05, 0) is 6.07 Å². The predicted molar refractivity (Wildman–Crippen MR) is 64.3 cm³/mol. The third-order valence-electron chi connectivity index (χ3n) is 2.85. The smallest absolute Gasteiger partial charge is 0.320 e. The van der Waals surface area contributed by atoms with Crippen LogP contribution in [-0.2, 0) is 11.2 Å². The Morgan fingerprint density at radius 1 is 1.26 bits per heavy atom. The SMILES string of the molecule is N[C@H](Cc1c(O)[nH]c2c(O)c(O)c(O)cc12)C(=O)O. The normalized spacial score (nSPS) is 12.7. The number of aliphatic carboxylic acids is 1. The number of nitrogens with one attached hydrogen (secondary N) is 1. The van der Waals surface area contributed by atoms with Gasteiger partial charge in [0.15, 0.2) is 17.4 Å². The van der Waals surface area contributed by atoms with Crippen LogP contribution in [-0.4, -0.2) is 42.5 Å². The van der Waals surface area contributed by atoms with E-state index in [9.17, 15) is 25.2 Å². The summed E-state index contributed by atoms with van der Waals surface area (Å²) in [5.41, 5.74) is 5.50. The standard InChI is InChI=1S/C11H12N2O6/c12-5(11(18)19)1-4-3-2-6(14)8(15)9(16)7(3)13-10(4)17/h2,5,13-17H,1,12H2,(H,18,19)/t5-/m1/s1. The molecule has 0 bridgehead atoms. The lowest BCUT2D eigenvalue weighted by atomic mass is 10.0. The molecule has 0 spiro atoms. The van der Waals surface area contributed by atoms with Crippen LogP contribution in [0.5, 0.6) is 23.1 Å². The molecule has 2 rings (SSSR count). The summed E-state index contributed by atoms with van der Waals surface area (Å²) >= 11 is 0. The summed E-state index contributed by atoms with van der Waals surface area (Å²) in [5, 5.41) is 47.0. The molecular formula is C11H12N2O6. The van der Waals surface area contributed by atoms with Crippen LogP contribution in [0.2, 0.25) is 0 Å². The molecule has 8 nitrogen and oxygen atoms in total. The second kappa shape index (κ2) is 4.25. The average Bonchev–Trinajstić information content (AvgIpc) is 2.64. The molecule has 0 aliphatic rings. The lowest BCUT2D eigenvalue weighted by Crippen LogP contribution is -2.32. The van der Waals surface area contributed by atoms with E-state index < -0.39 is 29.3 Å². The van der Waals surface area contributed by atoms with Gasteiger partial charge in [-0.1, -0.05) is 0 Å². The summed E-state index contributed by atoms with van der Waals surface area (Å²) in [6, 6.07) is -0.146. The molecule has 8 heteroatoms. The Kier molecular flexibility index (Phi) is 2.87. The van der Waals surface area contributed by atoms with Crippen LogP contribution in [0, 0.1) is 0 Å². The van der Waals surface area contributed by atoms with Crippen molar-refractivity contribution in [3.63, 3.8) is 0 Å². The second-order valence-electron chi connectivity index (χ2n) is 4.12. The summed E-state index contributed by atoms with van der Waals surface area (Å²) < 4.78 is 0. The number of phenolic OH excluding ortho intramolecular Hbond substituents is 3. The first-order chi connectivity index (χ1) is 8.82. The zero-order valence-corrected chi connectivity index (χ0v) is 9.58. The number of carboxylic acids is 1. The van der Waals surface area contributed by atoms with Gasteiger partial charge >= 0.3 is 5.97 Å². The molecule has 1 aromatic heterocycles. The average molecular weight is 268 g/mol. The fourth-order valence-electron chi connectivity index (χ4n) is 1.84. The molecule has 2 aromatic rings. The van der Waals surface area contributed by atoms with E-state index >= 15 is 0 Å². The maximum Gasteiger partial charge on any atom is 0.320 e.